The first-order valence-corrected chi connectivity index (χ1v) is 31.5. The second-order valence-electron chi connectivity index (χ2n) is 20.3. The van der Waals surface area contributed by atoms with Crippen molar-refractivity contribution in [3.8, 4) is 44.5 Å². The third-order valence-electron chi connectivity index (χ3n) is 14.3. The van der Waals surface area contributed by atoms with Gasteiger partial charge in [-0.2, -0.15) is 12.1 Å². The summed E-state index contributed by atoms with van der Waals surface area (Å²) in [5.74, 6) is 1.70. The Morgan fingerprint density at radius 1 is 0.397 bits per heavy atom. The molecular formula is C64H72Cl2SiZr-2. The van der Waals surface area contributed by atoms with Crippen molar-refractivity contribution in [2.45, 2.75) is 131 Å². The number of rotatable bonds is 8. The Hall–Kier alpha value is -3.78. The van der Waals surface area contributed by atoms with E-state index in [1.807, 2.05) is 0 Å². The summed E-state index contributed by atoms with van der Waals surface area (Å²) in [4.78, 5) is 0. The first-order valence-electron chi connectivity index (χ1n) is 25.3. The van der Waals surface area contributed by atoms with Gasteiger partial charge >= 0.3 is 41.9 Å². The van der Waals surface area contributed by atoms with Gasteiger partial charge in [-0.1, -0.05) is 254 Å². The molecule has 0 nitrogen and oxygen atoms in total. The number of hydrogen-bond donors (Lipinski definition) is 0. The molecule has 8 aromatic carbocycles. The van der Waals surface area contributed by atoms with Gasteiger partial charge < -0.3 is 24.8 Å². The summed E-state index contributed by atoms with van der Waals surface area (Å²) in [7, 11) is 0. The third-order valence-corrected chi connectivity index (χ3v) is 14.3. The Balaban J connectivity index is 0.000000202. The van der Waals surface area contributed by atoms with Crippen molar-refractivity contribution < 1.29 is 48.1 Å². The van der Waals surface area contributed by atoms with Gasteiger partial charge in [-0.3, -0.25) is 0 Å². The van der Waals surface area contributed by atoms with Crippen LogP contribution in [0.1, 0.15) is 110 Å². The van der Waals surface area contributed by atoms with Gasteiger partial charge in [-0.15, -0.1) is 44.8 Å². The minimum atomic E-state index is 0. The fraction of sp³-hybridized carbons (Fsp3) is 0.344. The monoisotopic (exact) mass is 1030 g/mol. The molecule has 2 aliphatic rings. The number of aryl methyl sites for hydroxylation is 4. The second-order valence-corrected chi connectivity index (χ2v) is 29.7. The van der Waals surface area contributed by atoms with Crippen LogP contribution in [0.25, 0.3) is 66.1 Å². The second kappa shape index (κ2) is 25.9. The Morgan fingerprint density at radius 2 is 0.647 bits per heavy atom. The zero-order valence-corrected chi connectivity index (χ0v) is 46.6. The summed E-state index contributed by atoms with van der Waals surface area (Å²) in [6, 6.07) is 55.3. The van der Waals surface area contributed by atoms with Crippen molar-refractivity contribution in [2.75, 3.05) is 0 Å². The van der Waals surface area contributed by atoms with Crippen LogP contribution in [0, 0.1) is 39.5 Å². The van der Waals surface area contributed by atoms with Gasteiger partial charge in [0.05, 0.1) is 0 Å². The first kappa shape index (κ1) is 53.6. The molecule has 0 bridgehead atoms. The Morgan fingerprint density at radius 3 is 0.926 bits per heavy atom. The normalized spacial score (nSPS) is 14.4. The summed E-state index contributed by atoms with van der Waals surface area (Å²) in [5.41, 5.74) is 19.2. The minimum Gasteiger partial charge on any atom is -1.00 e. The zero-order valence-electron chi connectivity index (χ0n) is 41.7. The van der Waals surface area contributed by atoms with E-state index in [4.69, 9.17) is 0 Å². The SMILES string of the molecule is C[Si](C)=[Zr+2].Cc1ccc(-c2ccc(-c3ccc(C)cc3)c3[cH-]c(CC4CCCCCC4)cc23)cc1.Cc1ccc(-c2ccc(-c3ccc(C)cc3)c3[cH-]c(CC4CCCCCC4)cc23)cc1.[Cl-].[Cl-]. The van der Waals surface area contributed by atoms with E-state index in [0.29, 0.717) is 0 Å². The van der Waals surface area contributed by atoms with Gasteiger partial charge in [0.15, 0.2) is 0 Å². The molecule has 0 unspecified atom stereocenters. The number of hydrogen-bond acceptors (Lipinski definition) is 0. The molecule has 0 aromatic heterocycles. The van der Waals surface area contributed by atoms with E-state index in [2.05, 4.69) is 186 Å². The largest absolute Gasteiger partial charge is 1.00 e. The maximum Gasteiger partial charge on any atom is -0.0279 e. The Kier molecular flexibility index (Phi) is 20.4. The molecule has 68 heavy (non-hydrogen) atoms. The zero-order chi connectivity index (χ0) is 46.0. The predicted molar refractivity (Wildman–Crippen MR) is 287 cm³/mol. The van der Waals surface area contributed by atoms with Gasteiger partial charge in [0.25, 0.3) is 0 Å². The standard InChI is InChI=1S/2C31H33.C2H6Si.2ClH.Zr/c2*1-22-9-13-26(14-10-22)28-17-18-29(27-15-11-23(2)12-16-27)31-21-25(20-30(28)31)19-24-7-5-3-4-6-8-24;1-3-2;;;/h2*9-18,20-21,24H,3-8,19H2,1-2H3;1-2H3;2*1H;/q2*-1;;;;+2/p-2. The van der Waals surface area contributed by atoms with E-state index in [9.17, 15) is 0 Å². The molecule has 4 heteroatoms. The van der Waals surface area contributed by atoms with Crippen LogP contribution < -0.4 is 24.8 Å². The van der Waals surface area contributed by atoms with Crippen molar-refractivity contribution >= 4 is 27.0 Å². The maximum absolute atomic E-state index is 2.49. The topological polar surface area (TPSA) is 0 Å². The quantitative estimate of drug-likeness (QED) is 0.0808. The summed E-state index contributed by atoms with van der Waals surface area (Å²) >= 11 is 1.74. The number of halogens is 2. The van der Waals surface area contributed by atoms with E-state index in [1.54, 1.807) is 23.3 Å². The van der Waals surface area contributed by atoms with E-state index < -0.39 is 0 Å². The summed E-state index contributed by atoms with van der Waals surface area (Å²) in [6.07, 6.45) is 19.4. The molecular weight excluding hydrogens is 959 g/mol. The molecule has 0 radical (unpaired) electrons. The summed E-state index contributed by atoms with van der Waals surface area (Å²) in [5, 5.41) is 5.63. The van der Waals surface area contributed by atoms with Crippen LogP contribution in [0.4, 0.5) is 0 Å². The van der Waals surface area contributed by atoms with E-state index >= 15 is 0 Å². The molecule has 2 aliphatic carbocycles. The summed E-state index contributed by atoms with van der Waals surface area (Å²) in [6.45, 7) is 13.3. The average Bonchev–Trinajstić information content (AvgIpc) is 3.71. The van der Waals surface area contributed by atoms with Crippen LogP contribution in [-0.2, 0) is 36.2 Å². The molecule has 352 valence electrons. The van der Waals surface area contributed by atoms with Crippen molar-refractivity contribution in [1.29, 1.82) is 0 Å². The minimum absolute atomic E-state index is 0. The molecule has 10 rings (SSSR count). The van der Waals surface area contributed by atoms with Crippen LogP contribution in [-0.4, -0.2) is 5.43 Å². The molecule has 0 aliphatic heterocycles. The van der Waals surface area contributed by atoms with Crippen LogP contribution in [0.15, 0.2) is 146 Å². The van der Waals surface area contributed by atoms with Crippen LogP contribution in [0.5, 0.6) is 0 Å². The van der Waals surface area contributed by atoms with E-state index in [0.717, 1.165) is 11.8 Å². The molecule has 0 atom stereocenters. The van der Waals surface area contributed by atoms with Gasteiger partial charge in [-0.05, 0) is 63.5 Å². The molecule has 2 saturated carbocycles. The molecule has 2 fully saturated rings. The fourth-order valence-electron chi connectivity index (χ4n) is 10.7. The average molecular weight is 1030 g/mol. The summed E-state index contributed by atoms with van der Waals surface area (Å²) < 4.78 is 0. The van der Waals surface area contributed by atoms with E-state index in [1.165, 1.54) is 189 Å². The van der Waals surface area contributed by atoms with Gasteiger partial charge in [-0.25, -0.2) is 0 Å². The van der Waals surface area contributed by atoms with Gasteiger partial charge in [0.1, 0.15) is 0 Å². The number of benzene rings is 6. The molecule has 0 amide bonds. The molecule has 8 aromatic rings. The van der Waals surface area contributed by atoms with Crippen molar-refractivity contribution in [1.82, 2.24) is 0 Å². The van der Waals surface area contributed by atoms with Crippen LogP contribution >= 0.6 is 0 Å². The maximum atomic E-state index is 2.49. The first-order chi connectivity index (χ1) is 32.1. The third kappa shape index (κ3) is 14.2. The molecule has 0 spiro atoms. The number of fused-ring (bicyclic) bond motifs is 2. The van der Waals surface area contributed by atoms with Crippen molar-refractivity contribution in [3.63, 3.8) is 0 Å². The smallest absolute Gasteiger partial charge is 0.0279 e. The van der Waals surface area contributed by atoms with Crippen molar-refractivity contribution in [3.05, 3.63) is 179 Å². The molecule has 0 N–H and O–H groups in total. The predicted octanol–water partition coefficient (Wildman–Crippen LogP) is 12.8. The van der Waals surface area contributed by atoms with E-state index in [-0.39, 0.29) is 30.2 Å². The van der Waals surface area contributed by atoms with Crippen LogP contribution in [0.3, 0.4) is 0 Å². The Labute approximate surface area is 437 Å². The van der Waals surface area contributed by atoms with Crippen LogP contribution in [0.2, 0.25) is 13.1 Å². The van der Waals surface area contributed by atoms with Gasteiger partial charge in [0, 0.05) is 0 Å². The van der Waals surface area contributed by atoms with Gasteiger partial charge in [0.2, 0.25) is 0 Å². The molecule has 0 saturated heterocycles. The van der Waals surface area contributed by atoms with Crippen molar-refractivity contribution in [2.24, 2.45) is 11.8 Å². The Bertz CT molecular complexity index is 2450. The molecule has 0 heterocycles. The fourth-order valence-corrected chi connectivity index (χ4v) is 10.7.